The summed E-state index contributed by atoms with van der Waals surface area (Å²) in [5.41, 5.74) is 0. The third-order valence-corrected chi connectivity index (χ3v) is 2.48. The maximum atomic E-state index is 11.1. The summed E-state index contributed by atoms with van der Waals surface area (Å²) in [6.45, 7) is 5.09. The van der Waals surface area contributed by atoms with Crippen LogP contribution >= 0.6 is 0 Å². The number of rotatable bonds is 7. The van der Waals surface area contributed by atoms with Crippen molar-refractivity contribution in [3.8, 4) is 0 Å². The van der Waals surface area contributed by atoms with Gasteiger partial charge in [-0.25, -0.2) is 4.98 Å². The standard InChI is InChI=1S/C11H19N3O2/c1-3-13(9-11(15)16-2)6-4-7-14-8-5-12-10-14/h5,8,10H,3-4,6-7,9H2,1-2H3. The number of ether oxygens (including phenoxy) is 1. The largest absolute Gasteiger partial charge is 0.468 e. The summed E-state index contributed by atoms with van der Waals surface area (Å²) in [5, 5.41) is 0. The number of hydrogen-bond donors (Lipinski definition) is 0. The zero-order valence-electron chi connectivity index (χ0n) is 9.93. The van der Waals surface area contributed by atoms with Gasteiger partial charge in [-0.05, 0) is 13.0 Å². The molecule has 5 nitrogen and oxygen atoms in total. The predicted molar refractivity (Wildman–Crippen MR) is 61.0 cm³/mol. The van der Waals surface area contributed by atoms with E-state index in [1.54, 1.807) is 12.5 Å². The summed E-state index contributed by atoms with van der Waals surface area (Å²) in [6.07, 6.45) is 6.51. The number of aryl methyl sites for hydroxylation is 1. The van der Waals surface area contributed by atoms with Gasteiger partial charge in [0.1, 0.15) is 0 Å². The fourth-order valence-electron chi connectivity index (χ4n) is 1.49. The number of carbonyl (C=O) groups excluding carboxylic acids is 1. The van der Waals surface area contributed by atoms with Crippen LogP contribution in [0.25, 0.3) is 0 Å². The smallest absolute Gasteiger partial charge is 0.319 e. The Labute approximate surface area is 96.0 Å². The van der Waals surface area contributed by atoms with Crippen LogP contribution in [-0.4, -0.2) is 47.2 Å². The Morgan fingerprint density at radius 3 is 2.94 bits per heavy atom. The van der Waals surface area contributed by atoms with Gasteiger partial charge >= 0.3 is 5.97 Å². The van der Waals surface area contributed by atoms with Crippen molar-refractivity contribution in [3.63, 3.8) is 0 Å². The zero-order chi connectivity index (χ0) is 11.8. The maximum absolute atomic E-state index is 11.1. The van der Waals surface area contributed by atoms with Crippen molar-refractivity contribution >= 4 is 5.97 Å². The summed E-state index contributed by atoms with van der Waals surface area (Å²) < 4.78 is 6.67. The number of likely N-dealkylation sites (N-methyl/N-ethyl adjacent to an activating group) is 1. The van der Waals surface area contributed by atoms with Crippen LogP contribution in [0, 0.1) is 0 Å². The number of nitrogens with zero attached hydrogens (tertiary/aromatic N) is 3. The summed E-state index contributed by atoms with van der Waals surface area (Å²) in [4.78, 5) is 17.1. The van der Waals surface area contributed by atoms with Crippen LogP contribution in [0.15, 0.2) is 18.7 Å². The van der Waals surface area contributed by atoms with Gasteiger partial charge in [0.15, 0.2) is 0 Å². The van der Waals surface area contributed by atoms with Gasteiger partial charge in [0.2, 0.25) is 0 Å². The van der Waals surface area contributed by atoms with E-state index in [0.717, 1.165) is 26.1 Å². The average molecular weight is 225 g/mol. The second-order valence-corrected chi connectivity index (χ2v) is 3.60. The molecule has 0 aliphatic heterocycles. The molecule has 1 heterocycles. The summed E-state index contributed by atoms with van der Waals surface area (Å²) in [7, 11) is 1.42. The normalized spacial score (nSPS) is 10.7. The van der Waals surface area contributed by atoms with Gasteiger partial charge in [0.25, 0.3) is 0 Å². The lowest BCUT2D eigenvalue weighted by Gasteiger charge is -2.18. The molecule has 0 aliphatic rings. The topological polar surface area (TPSA) is 47.4 Å². The van der Waals surface area contributed by atoms with Crippen molar-refractivity contribution in [2.75, 3.05) is 26.7 Å². The van der Waals surface area contributed by atoms with E-state index in [0.29, 0.717) is 6.54 Å². The van der Waals surface area contributed by atoms with E-state index in [-0.39, 0.29) is 5.97 Å². The number of hydrogen-bond acceptors (Lipinski definition) is 4. The molecule has 0 saturated carbocycles. The monoisotopic (exact) mass is 225 g/mol. The van der Waals surface area contributed by atoms with Crippen LogP contribution in [0.4, 0.5) is 0 Å². The highest BCUT2D eigenvalue weighted by Gasteiger charge is 2.08. The summed E-state index contributed by atoms with van der Waals surface area (Å²) in [5.74, 6) is -0.176. The molecule has 0 bridgehead atoms. The minimum atomic E-state index is -0.176. The second kappa shape index (κ2) is 7.00. The van der Waals surface area contributed by atoms with Crippen LogP contribution in [-0.2, 0) is 16.1 Å². The van der Waals surface area contributed by atoms with Crippen LogP contribution in [0.2, 0.25) is 0 Å². The number of carbonyl (C=O) groups is 1. The van der Waals surface area contributed by atoms with E-state index >= 15 is 0 Å². The number of esters is 1. The molecule has 90 valence electrons. The highest BCUT2D eigenvalue weighted by Crippen LogP contribution is 1.96. The quantitative estimate of drug-likeness (QED) is 0.643. The molecule has 0 fully saturated rings. The van der Waals surface area contributed by atoms with Gasteiger partial charge in [-0.3, -0.25) is 9.69 Å². The molecule has 0 N–H and O–H groups in total. The number of imidazole rings is 1. The first-order valence-electron chi connectivity index (χ1n) is 5.51. The van der Waals surface area contributed by atoms with E-state index in [1.807, 2.05) is 17.7 Å². The Hall–Kier alpha value is -1.36. The molecule has 5 heteroatoms. The Bertz CT molecular complexity index is 298. The molecule has 1 aromatic heterocycles. The van der Waals surface area contributed by atoms with Crippen molar-refractivity contribution in [3.05, 3.63) is 18.7 Å². The molecule has 0 atom stereocenters. The van der Waals surface area contributed by atoms with E-state index in [4.69, 9.17) is 0 Å². The van der Waals surface area contributed by atoms with Crippen LogP contribution in [0.5, 0.6) is 0 Å². The SMILES string of the molecule is CCN(CCCn1ccnc1)CC(=O)OC. The highest BCUT2D eigenvalue weighted by molar-refractivity contribution is 5.71. The van der Waals surface area contributed by atoms with Gasteiger partial charge in [-0.15, -0.1) is 0 Å². The van der Waals surface area contributed by atoms with Crippen molar-refractivity contribution in [2.45, 2.75) is 19.9 Å². The van der Waals surface area contributed by atoms with E-state index < -0.39 is 0 Å². The minimum Gasteiger partial charge on any atom is -0.468 e. The minimum absolute atomic E-state index is 0.176. The molecule has 0 unspecified atom stereocenters. The molecule has 0 amide bonds. The second-order valence-electron chi connectivity index (χ2n) is 3.60. The first-order valence-corrected chi connectivity index (χ1v) is 5.51. The van der Waals surface area contributed by atoms with Gasteiger partial charge in [0.05, 0.1) is 20.0 Å². The Balaban J connectivity index is 2.21. The first-order chi connectivity index (χ1) is 7.76. The fourth-order valence-corrected chi connectivity index (χ4v) is 1.49. The molecule has 0 saturated heterocycles. The molecule has 0 spiro atoms. The van der Waals surface area contributed by atoms with Crippen LogP contribution in [0.1, 0.15) is 13.3 Å². The van der Waals surface area contributed by atoms with Crippen LogP contribution in [0.3, 0.4) is 0 Å². The molecule has 1 aromatic rings. The highest BCUT2D eigenvalue weighted by atomic mass is 16.5. The van der Waals surface area contributed by atoms with Gasteiger partial charge in [0, 0.05) is 25.5 Å². The molecular formula is C11H19N3O2. The lowest BCUT2D eigenvalue weighted by Crippen LogP contribution is -2.31. The van der Waals surface area contributed by atoms with Crippen molar-refractivity contribution in [2.24, 2.45) is 0 Å². The lowest BCUT2D eigenvalue weighted by atomic mass is 10.3. The van der Waals surface area contributed by atoms with Crippen LogP contribution < -0.4 is 0 Å². The average Bonchev–Trinajstić information content (AvgIpc) is 2.80. The Morgan fingerprint density at radius 2 is 2.38 bits per heavy atom. The van der Waals surface area contributed by atoms with Crippen molar-refractivity contribution in [1.82, 2.24) is 14.5 Å². The molecule has 1 rings (SSSR count). The maximum Gasteiger partial charge on any atom is 0.319 e. The molecular weight excluding hydrogens is 206 g/mol. The molecule has 16 heavy (non-hydrogen) atoms. The Kier molecular flexibility index (Phi) is 5.56. The predicted octanol–water partition coefficient (Wildman–Crippen LogP) is 0.768. The third-order valence-electron chi connectivity index (χ3n) is 2.48. The third kappa shape index (κ3) is 4.44. The summed E-state index contributed by atoms with van der Waals surface area (Å²) >= 11 is 0. The van der Waals surface area contributed by atoms with E-state index in [9.17, 15) is 4.79 Å². The fraction of sp³-hybridized carbons (Fsp3) is 0.636. The lowest BCUT2D eigenvalue weighted by molar-refractivity contribution is -0.141. The first kappa shape index (κ1) is 12.7. The number of methoxy groups -OCH3 is 1. The van der Waals surface area contributed by atoms with Crippen molar-refractivity contribution in [1.29, 1.82) is 0 Å². The van der Waals surface area contributed by atoms with E-state index in [1.165, 1.54) is 7.11 Å². The summed E-state index contributed by atoms with van der Waals surface area (Å²) in [6, 6.07) is 0. The molecule has 0 aliphatic carbocycles. The molecule has 0 radical (unpaired) electrons. The van der Waals surface area contributed by atoms with Gasteiger partial charge in [-0.2, -0.15) is 0 Å². The Morgan fingerprint density at radius 1 is 1.56 bits per heavy atom. The molecule has 0 aromatic carbocycles. The van der Waals surface area contributed by atoms with Gasteiger partial charge < -0.3 is 9.30 Å². The van der Waals surface area contributed by atoms with Crippen molar-refractivity contribution < 1.29 is 9.53 Å². The number of aromatic nitrogens is 2. The van der Waals surface area contributed by atoms with Gasteiger partial charge in [-0.1, -0.05) is 6.92 Å². The van der Waals surface area contributed by atoms with E-state index in [2.05, 4.69) is 14.6 Å². The zero-order valence-corrected chi connectivity index (χ0v) is 9.93.